The summed E-state index contributed by atoms with van der Waals surface area (Å²) < 4.78 is 13.7. The van der Waals surface area contributed by atoms with Gasteiger partial charge in [0.2, 0.25) is 5.91 Å². The van der Waals surface area contributed by atoms with Crippen molar-refractivity contribution in [1.29, 1.82) is 0 Å². The highest BCUT2D eigenvalue weighted by Gasteiger charge is 2.29. The number of carbonyl (C=O) groups excluding carboxylic acids is 1. The van der Waals surface area contributed by atoms with Gasteiger partial charge < -0.3 is 10.2 Å². The molecule has 1 aromatic heterocycles. The van der Waals surface area contributed by atoms with Gasteiger partial charge in [-0.05, 0) is 43.2 Å². The molecule has 1 aliphatic heterocycles. The van der Waals surface area contributed by atoms with E-state index in [-0.39, 0.29) is 17.6 Å². The van der Waals surface area contributed by atoms with Crippen molar-refractivity contribution >= 4 is 22.5 Å². The number of hydrogen-bond donors (Lipinski definition) is 1. The molecule has 3 aromatic rings. The molecule has 0 aliphatic carbocycles. The van der Waals surface area contributed by atoms with Crippen molar-refractivity contribution in [3.63, 3.8) is 0 Å². The molecule has 0 bridgehead atoms. The molecule has 4 rings (SSSR count). The first-order chi connectivity index (χ1) is 13.6. The number of hydrogen-bond acceptors (Lipinski definition) is 3. The number of halogens is 1. The number of benzene rings is 2. The van der Waals surface area contributed by atoms with Crippen LogP contribution in [0.25, 0.3) is 10.9 Å². The molecule has 2 heterocycles. The van der Waals surface area contributed by atoms with Crippen molar-refractivity contribution in [1.82, 2.24) is 9.88 Å². The number of pyridine rings is 1. The molecule has 144 valence electrons. The van der Waals surface area contributed by atoms with Crippen LogP contribution in [-0.4, -0.2) is 35.4 Å². The summed E-state index contributed by atoms with van der Waals surface area (Å²) in [6.07, 6.45) is 1.43. The van der Waals surface area contributed by atoms with Crippen molar-refractivity contribution in [2.45, 2.75) is 19.8 Å². The van der Waals surface area contributed by atoms with Gasteiger partial charge in [0.15, 0.2) is 0 Å². The topological polar surface area (TPSA) is 45.2 Å². The van der Waals surface area contributed by atoms with E-state index in [1.807, 2.05) is 36.1 Å². The molecule has 1 aliphatic rings. The highest BCUT2D eigenvalue weighted by atomic mass is 19.1. The normalized spacial score (nSPS) is 16.7. The summed E-state index contributed by atoms with van der Waals surface area (Å²) in [5, 5.41) is 4.20. The predicted octanol–water partition coefficient (Wildman–Crippen LogP) is 4.19. The first kappa shape index (κ1) is 18.4. The van der Waals surface area contributed by atoms with Crippen LogP contribution in [0.15, 0.2) is 54.6 Å². The Morgan fingerprint density at radius 3 is 2.82 bits per heavy atom. The van der Waals surface area contributed by atoms with E-state index < -0.39 is 0 Å². The van der Waals surface area contributed by atoms with Gasteiger partial charge in [-0.15, -0.1) is 0 Å². The van der Waals surface area contributed by atoms with Gasteiger partial charge in [0, 0.05) is 48.7 Å². The number of amides is 1. The van der Waals surface area contributed by atoms with Gasteiger partial charge in [-0.3, -0.25) is 9.78 Å². The number of aryl methyl sites for hydroxylation is 1. The minimum atomic E-state index is -0.274. The zero-order valence-electron chi connectivity index (χ0n) is 16.0. The van der Waals surface area contributed by atoms with Crippen LogP contribution in [0.3, 0.4) is 0 Å². The maximum absolute atomic E-state index is 13.7. The van der Waals surface area contributed by atoms with Gasteiger partial charge >= 0.3 is 0 Å². The van der Waals surface area contributed by atoms with E-state index >= 15 is 0 Å². The van der Waals surface area contributed by atoms with Gasteiger partial charge in [0.25, 0.3) is 0 Å². The molecule has 28 heavy (non-hydrogen) atoms. The van der Waals surface area contributed by atoms with Crippen LogP contribution in [0.1, 0.15) is 17.7 Å². The number of nitrogens with one attached hydrogen (secondary N) is 1. The number of nitrogens with zero attached hydrogens (tertiary/aromatic N) is 2. The Morgan fingerprint density at radius 2 is 2.00 bits per heavy atom. The number of likely N-dealkylation sites (tertiary alicyclic amines) is 1. The quantitative estimate of drug-likeness (QED) is 0.701. The molecule has 1 saturated heterocycles. The second-order valence-corrected chi connectivity index (χ2v) is 7.50. The summed E-state index contributed by atoms with van der Waals surface area (Å²) in [7, 11) is 0. The minimum Gasteiger partial charge on any atom is -0.384 e. The number of fused-ring (bicyclic) bond motifs is 1. The van der Waals surface area contributed by atoms with E-state index in [2.05, 4.69) is 22.4 Å². The Bertz CT molecular complexity index is 990. The second-order valence-electron chi connectivity index (χ2n) is 7.50. The summed E-state index contributed by atoms with van der Waals surface area (Å²) >= 11 is 0. The average Bonchev–Trinajstić information content (AvgIpc) is 3.05. The van der Waals surface area contributed by atoms with Crippen LogP contribution in [0.2, 0.25) is 0 Å². The van der Waals surface area contributed by atoms with E-state index in [9.17, 15) is 9.18 Å². The standard InChI is InChI=1S/C23H24FN3O/c1-16-11-22(20-13-19(24)7-8-21(20)26-16)25-14-18-12-23(28)27(15-18)10-9-17-5-3-2-4-6-17/h2-8,11,13,18H,9-10,12,14-15H2,1H3,(H,25,26). The van der Waals surface area contributed by atoms with Crippen molar-refractivity contribution in [2.24, 2.45) is 5.92 Å². The van der Waals surface area contributed by atoms with Gasteiger partial charge in [0.05, 0.1) is 5.52 Å². The van der Waals surface area contributed by atoms with Crippen molar-refractivity contribution in [3.8, 4) is 0 Å². The number of carbonyl (C=O) groups is 1. The fourth-order valence-corrected chi connectivity index (χ4v) is 3.85. The zero-order valence-corrected chi connectivity index (χ0v) is 16.0. The van der Waals surface area contributed by atoms with Crippen LogP contribution in [0.5, 0.6) is 0 Å². The molecular weight excluding hydrogens is 353 g/mol. The lowest BCUT2D eigenvalue weighted by Gasteiger charge is -2.17. The number of anilines is 1. The van der Waals surface area contributed by atoms with Crippen LogP contribution < -0.4 is 5.32 Å². The van der Waals surface area contributed by atoms with Crippen molar-refractivity contribution in [2.75, 3.05) is 25.0 Å². The molecule has 1 N–H and O–H groups in total. The van der Waals surface area contributed by atoms with E-state index in [0.29, 0.717) is 13.0 Å². The molecule has 1 fully saturated rings. The first-order valence-electron chi connectivity index (χ1n) is 9.71. The van der Waals surface area contributed by atoms with E-state index in [1.54, 1.807) is 6.07 Å². The molecular formula is C23H24FN3O. The maximum Gasteiger partial charge on any atom is 0.223 e. The molecule has 0 saturated carbocycles. The highest BCUT2D eigenvalue weighted by Crippen LogP contribution is 2.26. The Hall–Kier alpha value is -2.95. The Balaban J connectivity index is 1.39. The lowest BCUT2D eigenvalue weighted by atomic mass is 10.1. The third kappa shape index (κ3) is 4.14. The van der Waals surface area contributed by atoms with E-state index in [1.165, 1.54) is 17.7 Å². The average molecular weight is 377 g/mol. The predicted molar refractivity (Wildman–Crippen MR) is 110 cm³/mol. The minimum absolute atomic E-state index is 0.213. The number of aromatic nitrogens is 1. The van der Waals surface area contributed by atoms with Gasteiger partial charge in [-0.25, -0.2) is 4.39 Å². The van der Waals surface area contributed by atoms with Crippen LogP contribution in [0, 0.1) is 18.7 Å². The molecule has 0 spiro atoms. The van der Waals surface area contributed by atoms with E-state index in [4.69, 9.17) is 0 Å². The highest BCUT2D eigenvalue weighted by molar-refractivity contribution is 5.91. The Morgan fingerprint density at radius 1 is 1.18 bits per heavy atom. The molecule has 5 heteroatoms. The molecule has 2 aromatic carbocycles. The monoisotopic (exact) mass is 377 g/mol. The molecule has 0 radical (unpaired) electrons. The smallest absolute Gasteiger partial charge is 0.223 e. The van der Waals surface area contributed by atoms with E-state index in [0.717, 1.165) is 41.8 Å². The number of rotatable bonds is 6. The third-order valence-corrected chi connectivity index (χ3v) is 5.29. The molecule has 1 atom stereocenters. The van der Waals surface area contributed by atoms with Gasteiger partial charge in [-0.1, -0.05) is 30.3 Å². The molecule has 1 amide bonds. The lowest BCUT2D eigenvalue weighted by molar-refractivity contribution is -0.127. The summed E-state index contributed by atoms with van der Waals surface area (Å²) in [4.78, 5) is 18.8. The Kier molecular flexibility index (Phi) is 5.24. The van der Waals surface area contributed by atoms with Crippen molar-refractivity contribution < 1.29 is 9.18 Å². The molecule has 4 nitrogen and oxygen atoms in total. The Labute approximate surface area is 164 Å². The van der Waals surface area contributed by atoms with Crippen molar-refractivity contribution in [3.05, 3.63) is 71.7 Å². The fraction of sp³-hybridized carbons (Fsp3) is 0.304. The maximum atomic E-state index is 13.7. The van der Waals surface area contributed by atoms with Gasteiger partial charge in [0.1, 0.15) is 5.82 Å². The fourth-order valence-electron chi connectivity index (χ4n) is 3.85. The largest absolute Gasteiger partial charge is 0.384 e. The zero-order chi connectivity index (χ0) is 19.5. The van der Waals surface area contributed by atoms with Crippen LogP contribution >= 0.6 is 0 Å². The summed E-state index contributed by atoms with van der Waals surface area (Å²) in [5.74, 6) is 0.189. The first-order valence-corrected chi connectivity index (χ1v) is 9.71. The third-order valence-electron chi connectivity index (χ3n) is 5.29. The lowest BCUT2D eigenvalue weighted by Crippen LogP contribution is -2.28. The second kappa shape index (κ2) is 7.97. The van der Waals surface area contributed by atoms with Gasteiger partial charge in [-0.2, -0.15) is 0 Å². The van der Waals surface area contributed by atoms with Crippen LogP contribution in [0.4, 0.5) is 10.1 Å². The SMILES string of the molecule is Cc1cc(NCC2CC(=O)N(CCc3ccccc3)C2)c2cc(F)ccc2n1. The van der Waals surface area contributed by atoms with Crippen LogP contribution in [-0.2, 0) is 11.2 Å². The summed E-state index contributed by atoms with van der Waals surface area (Å²) in [5.41, 5.74) is 3.78. The summed E-state index contributed by atoms with van der Waals surface area (Å²) in [6, 6.07) is 16.8. The molecule has 1 unspecified atom stereocenters. The summed E-state index contributed by atoms with van der Waals surface area (Å²) in [6.45, 7) is 4.12.